The fourth-order valence-electron chi connectivity index (χ4n) is 0.500. The molecule has 0 aliphatic carbocycles. The molecule has 0 saturated heterocycles. The summed E-state index contributed by atoms with van der Waals surface area (Å²) in [6, 6.07) is 0. The zero-order chi connectivity index (χ0) is 9.56. The van der Waals surface area contributed by atoms with Crippen molar-refractivity contribution >= 4 is 23.7 Å². The van der Waals surface area contributed by atoms with E-state index in [0.717, 1.165) is 0 Å². The minimum atomic E-state index is -0.823. The second-order valence-electron chi connectivity index (χ2n) is 2.28. The standard InChI is InChI=1S/C6H13N3O2S/c1-4(2-9-6(7)8)12-3-5(10)11/h4H,2-3H2,1H3,(H,10,11)(H4,7,8,9). The van der Waals surface area contributed by atoms with Crippen LogP contribution < -0.4 is 11.5 Å². The lowest BCUT2D eigenvalue weighted by Crippen LogP contribution is -2.24. The lowest BCUT2D eigenvalue weighted by molar-refractivity contribution is -0.133. The summed E-state index contributed by atoms with van der Waals surface area (Å²) >= 11 is 1.31. The van der Waals surface area contributed by atoms with Crippen LogP contribution in [-0.2, 0) is 4.79 Å². The third-order valence-electron chi connectivity index (χ3n) is 1.02. The van der Waals surface area contributed by atoms with Gasteiger partial charge < -0.3 is 16.6 Å². The van der Waals surface area contributed by atoms with E-state index in [-0.39, 0.29) is 17.0 Å². The minimum absolute atomic E-state index is 0.0396. The fraction of sp³-hybridized carbons (Fsp3) is 0.667. The number of aliphatic imine (C=N–C) groups is 1. The Kier molecular flexibility index (Phi) is 5.27. The van der Waals surface area contributed by atoms with Gasteiger partial charge in [0.2, 0.25) is 0 Å². The van der Waals surface area contributed by atoms with Crippen LogP contribution in [-0.4, -0.2) is 34.6 Å². The number of guanidine groups is 1. The summed E-state index contributed by atoms with van der Waals surface area (Å²) in [6.07, 6.45) is 0. The Labute approximate surface area is 75.2 Å². The molecule has 0 fully saturated rings. The molecule has 0 aliphatic rings. The van der Waals surface area contributed by atoms with Gasteiger partial charge in [-0.25, -0.2) is 0 Å². The molecular formula is C6H13N3O2S. The van der Waals surface area contributed by atoms with Crippen molar-refractivity contribution in [2.75, 3.05) is 12.3 Å². The van der Waals surface area contributed by atoms with E-state index in [1.165, 1.54) is 11.8 Å². The predicted octanol–water partition coefficient (Wildman–Crippen LogP) is -0.534. The maximum absolute atomic E-state index is 10.1. The van der Waals surface area contributed by atoms with Crippen molar-refractivity contribution in [1.29, 1.82) is 0 Å². The smallest absolute Gasteiger partial charge is 0.313 e. The number of aliphatic carboxylic acids is 1. The van der Waals surface area contributed by atoms with Crippen LogP contribution in [0.15, 0.2) is 4.99 Å². The van der Waals surface area contributed by atoms with E-state index in [4.69, 9.17) is 16.6 Å². The average molecular weight is 191 g/mol. The zero-order valence-corrected chi connectivity index (χ0v) is 7.67. The molecule has 5 nitrogen and oxygen atoms in total. The number of thioether (sulfide) groups is 1. The second kappa shape index (κ2) is 5.70. The topological polar surface area (TPSA) is 102 Å². The number of carboxylic acid groups (broad SMARTS) is 1. The molecule has 1 unspecified atom stereocenters. The Balaban J connectivity index is 3.53. The number of rotatable bonds is 5. The molecular weight excluding hydrogens is 178 g/mol. The van der Waals surface area contributed by atoms with E-state index in [9.17, 15) is 4.79 Å². The molecule has 0 aromatic rings. The summed E-state index contributed by atoms with van der Waals surface area (Å²) in [6.45, 7) is 2.33. The quantitative estimate of drug-likeness (QED) is 0.400. The number of nitrogens with two attached hydrogens (primary N) is 2. The molecule has 70 valence electrons. The largest absolute Gasteiger partial charge is 0.481 e. The minimum Gasteiger partial charge on any atom is -0.481 e. The number of hydrogen-bond acceptors (Lipinski definition) is 3. The molecule has 6 heteroatoms. The van der Waals surface area contributed by atoms with E-state index in [1.54, 1.807) is 0 Å². The van der Waals surface area contributed by atoms with Crippen LogP contribution in [0.5, 0.6) is 0 Å². The summed E-state index contributed by atoms with van der Waals surface area (Å²) in [5, 5.41) is 8.46. The van der Waals surface area contributed by atoms with Crippen molar-refractivity contribution in [1.82, 2.24) is 0 Å². The third kappa shape index (κ3) is 7.20. The molecule has 0 saturated carbocycles. The van der Waals surface area contributed by atoms with Gasteiger partial charge in [0.1, 0.15) is 0 Å². The zero-order valence-electron chi connectivity index (χ0n) is 6.86. The Morgan fingerprint density at radius 2 is 2.25 bits per heavy atom. The van der Waals surface area contributed by atoms with Crippen LogP contribution in [0.4, 0.5) is 0 Å². The first kappa shape index (κ1) is 11.1. The van der Waals surface area contributed by atoms with Gasteiger partial charge in [0, 0.05) is 5.25 Å². The molecule has 0 aromatic heterocycles. The van der Waals surface area contributed by atoms with Crippen LogP contribution in [0.25, 0.3) is 0 Å². The van der Waals surface area contributed by atoms with Gasteiger partial charge in [-0.05, 0) is 0 Å². The second-order valence-corrected chi connectivity index (χ2v) is 3.71. The van der Waals surface area contributed by atoms with Gasteiger partial charge >= 0.3 is 5.97 Å². The van der Waals surface area contributed by atoms with Crippen LogP contribution >= 0.6 is 11.8 Å². The Morgan fingerprint density at radius 3 is 2.67 bits per heavy atom. The molecule has 0 aromatic carbocycles. The molecule has 0 aliphatic heterocycles. The molecule has 1 atom stereocenters. The van der Waals surface area contributed by atoms with Gasteiger partial charge in [0.05, 0.1) is 12.3 Å². The van der Waals surface area contributed by atoms with Crippen LogP contribution in [0, 0.1) is 0 Å². The molecule has 0 bridgehead atoms. The van der Waals surface area contributed by atoms with Gasteiger partial charge in [-0.15, -0.1) is 11.8 Å². The summed E-state index contributed by atoms with van der Waals surface area (Å²) in [5.41, 5.74) is 10.2. The van der Waals surface area contributed by atoms with Crippen molar-refractivity contribution < 1.29 is 9.90 Å². The lowest BCUT2D eigenvalue weighted by Gasteiger charge is -2.05. The van der Waals surface area contributed by atoms with Gasteiger partial charge in [0.15, 0.2) is 5.96 Å². The number of carboxylic acids is 1. The summed E-state index contributed by atoms with van der Waals surface area (Å²) in [7, 11) is 0. The summed E-state index contributed by atoms with van der Waals surface area (Å²) in [4.78, 5) is 13.9. The highest BCUT2D eigenvalue weighted by Crippen LogP contribution is 2.09. The molecule has 0 spiro atoms. The van der Waals surface area contributed by atoms with E-state index in [2.05, 4.69) is 4.99 Å². The Morgan fingerprint density at radius 1 is 1.67 bits per heavy atom. The first-order valence-corrected chi connectivity index (χ1v) is 4.46. The molecule has 0 radical (unpaired) electrons. The Hall–Kier alpha value is -0.910. The maximum atomic E-state index is 10.1. The van der Waals surface area contributed by atoms with E-state index >= 15 is 0 Å². The predicted molar refractivity (Wildman–Crippen MR) is 50.2 cm³/mol. The van der Waals surface area contributed by atoms with Gasteiger partial charge in [0.25, 0.3) is 0 Å². The lowest BCUT2D eigenvalue weighted by atomic mass is 10.5. The molecule has 0 rings (SSSR count). The average Bonchev–Trinajstić information content (AvgIpc) is 1.96. The van der Waals surface area contributed by atoms with Gasteiger partial charge in [-0.2, -0.15) is 0 Å². The summed E-state index contributed by atoms with van der Waals surface area (Å²) < 4.78 is 0. The van der Waals surface area contributed by atoms with Crippen LogP contribution in [0.1, 0.15) is 6.92 Å². The SMILES string of the molecule is CC(CN=C(N)N)SCC(=O)O. The number of hydrogen-bond donors (Lipinski definition) is 3. The highest BCUT2D eigenvalue weighted by molar-refractivity contribution is 8.00. The molecule has 5 N–H and O–H groups in total. The number of nitrogens with zero attached hydrogens (tertiary/aromatic N) is 1. The van der Waals surface area contributed by atoms with E-state index in [1.807, 2.05) is 6.92 Å². The first-order valence-electron chi connectivity index (χ1n) is 3.41. The van der Waals surface area contributed by atoms with Crippen molar-refractivity contribution in [2.45, 2.75) is 12.2 Å². The molecule has 12 heavy (non-hydrogen) atoms. The van der Waals surface area contributed by atoms with Gasteiger partial charge in [-0.3, -0.25) is 9.79 Å². The van der Waals surface area contributed by atoms with Crippen molar-refractivity contribution in [3.8, 4) is 0 Å². The highest BCUT2D eigenvalue weighted by Gasteiger charge is 2.04. The normalized spacial score (nSPS) is 12.1. The number of carbonyl (C=O) groups is 1. The van der Waals surface area contributed by atoms with Crippen molar-refractivity contribution in [3.05, 3.63) is 0 Å². The third-order valence-corrected chi connectivity index (χ3v) is 2.15. The molecule has 0 amide bonds. The Bertz CT molecular complexity index is 180. The monoisotopic (exact) mass is 191 g/mol. The van der Waals surface area contributed by atoms with Crippen LogP contribution in [0.2, 0.25) is 0 Å². The van der Waals surface area contributed by atoms with Gasteiger partial charge in [-0.1, -0.05) is 6.92 Å². The van der Waals surface area contributed by atoms with E-state index < -0.39 is 5.97 Å². The maximum Gasteiger partial charge on any atom is 0.313 e. The van der Waals surface area contributed by atoms with Crippen molar-refractivity contribution in [3.63, 3.8) is 0 Å². The first-order chi connectivity index (χ1) is 5.52. The molecule has 0 heterocycles. The van der Waals surface area contributed by atoms with Crippen LogP contribution in [0.3, 0.4) is 0 Å². The fourth-order valence-corrected chi connectivity index (χ4v) is 1.11. The van der Waals surface area contributed by atoms with Crippen molar-refractivity contribution in [2.24, 2.45) is 16.5 Å². The van der Waals surface area contributed by atoms with E-state index in [0.29, 0.717) is 6.54 Å². The summed E-state index contributed by atoms with van der Waals surface area (Å²) in [5.74, 6) is -0.699. The highest BCUT2D eigenvalue weighted by atomic mass is 32.2.